The van der Waals surface area contributed by atoms with E-state index < -0.39 is 6.09 Å². The van der Waals surface area contributed by atoms with Crippen LogP contribution in [0.1, 0.15) is 25.0 Å². The van der Waals surface area contributed by atoms with Crippen LogP contribution in [0.2, 0.25) is 0 Å². The maximum absolute atomic E-state index is 11.3. The van der Waals surface area contributed by atoms with Crippen LogP contribution in [-0.4, -0.2) is 12.2 Å². The van der Waals surface area contributed by atoms with Crippen molar-refractivity contribution < 1.29 is 9.53 Å². The molecule has 1 aromatic carbocycles. The van der Waals surface area contributed by atoms with Crippen LogP contribution in [0.3, 0.4) is 0 Å². The lowest BCUT2D eigenvalue weighted by atomic mass is 10.1. The first-order valence-corrected chi connectivity index (χ1v) is 5.03. The third-order valence-electron chi connectivity index (χ3n) is 1.81. The second kappa shape index (κ2) is 4.82. The number of ether oxygens (including phenoxy) is 1. The van der Waals surface area contributed by atoms with Crippen LogP contribution in [-0.2, 0) is 4.74 Å². The number of aryl methyl sites for hydroxylation is 2. The van der Waals surface area contributed by atoms with E-state index >= 15 is 0 Å². The largest absolute Gasteiger partial charge is 0.447 e. The van der Waals surface area contributed by atoms with Gasteiger partial charge < -0.3 is 4.74 Å². The molecule has 0 bridgehead atoms. The highest BCUT2D eigenvalue weighted by Gasteiger charge is 2.05. The van der Waals surface area contributed by atoms with Gasteiger partial charge in [-0.1, -0.05) is 6.07 Å². The maximum Gasteiger partial charge on any atom is 0.411 e. The number of rotatable bonds is 2. The van der Waals surface area contributed by atoms with Gasteiger partial charge in [0.05, 0.1) is 6.10 Å². The van der Waals surface area contributed by atoms with Gasteiger partial charge in [-0.15, -0.1) is 0 Å². The zero-order chi connectivity index (χ0) is 11.4. The highest BCUT2D eigenvalue weighted by molar-refractivity contribution is 5.84. The molecular formula is C12H17NO2. The van der Waals surface area contributed by atoms with Crippen LogP contribution in [0, 0.1) is 13.8 Å². The number of amides is 1. The van der Waals surface area contributed by atoms with Gasteiger partial charge in [0.15, 0.2) is 0 Å². The second-order valence-corrected chi connectivity index (χ2v) is 3.96. The molecule has 0 aliphatic rings. The summed E-state index contributed by atoms with van der Waals surface area (Å²) in [6.07, 6.45) is -0.508. The Kier molecular flexibility index (Phi) is 3.72. The monoisotopic (exact) mass is 207 g/mol. The van der Waals surface area contributed by atoms with Crippen LogP contribution < -0.4 is 5.32 Å². The van der Waals surface area contributed by atoms with Crippen molar-refractivity contribution in [2.45, 2.75) is 33.8 Å². The van der Waals surface area contributed by atoms with Crippen molar-refractivity contribution in [2.75, 3.05) is 5.32 Å². The van der Waals surface area contributed by atoms with E-state index in [9.17, 15) is 4.79 Å². The smallest absolute Gasteiger partial charge is 0.411 e. The van der Waals surface area contributed by atoms with Crippen LogP contribution in [0.5, 0.6) is 0 Å². The molecule has 0 heterocycles. The molecule has 3 nitrogen and oxygen atoms in total. The fourth-order valence-electron chi connectivity index (χ4n) is 1.41. The number of carbonyl (C=O) groups excluding carboxylic acids is 1. The summed E-state index contributed by atoms with van der Waals surface area (Å²) < 4.78 is 4.98. The minimum absolute atomic E-state index is 0.101. The summed E-state index contributed by atoms with van der Waals surface area (Å²) in [6, 6.07) is 5.88. The van der Waals surface area contributed by atoms with E-state index in [1.807, 2.05) is 39.8 Å². The van der Waals surface area contributed by atoms with Gasteiger partial charge in [0.2, 0.25) is 0 Å². The molecule has 1 rings (SSSR count). The van der Waals surface area contributed by atoms with E-state index in [1.54, 1.807) is 0 Å². The molecule has 15 heavy (non-hydrogen) atoms. The molecular weight excluding hydrogens is 190 g/mol. The van der Waals surface area contributed by atoms with Crippen molar-refractivity contribution in [3.05, 3.63) is 29.3 Å². The minimum Gasteiger partial charge on any atom is -0.447 e. The third-order valence-corrected chi connectivity index (χ3v) is 1.81. The summed E-state index contributed by atoms with van der Waals surface area (Å²) in [5.41, 5.74) is 3.02. The van der Waals surface area contributed by atoms with Crippen molar-refractivity contribution in [1.82, 2.24) is 0 Å². The van der Waals surface area contributed by atoms with Crippen LogP contribution in [0.25, 0.3) is 0 Å². The summed E-state index contributed by atoms with van der Waals surface area (Å²) in [4.78, 5) is 11.3. The fraction of sp³-hybridized carbons (Fsp3) is 0.417. The third kappa shape index (κ3) is 4.02. The van der Waals surface area contributed by atoms with Crippen molar-refractivity contribution in [2.24, 2.45) is 0 Å². The van der Waals surface area contributed by atoms with Crippen molar-refractivity contribution in [3.63, 3.8) is 0 Å². The van der Waals surface area contributed by atoms with E-state index in [1.165, 1.54) is 0 Å². The van der Waals surface area contributed by atoms with Crippen LogP contribution in [0.15, 0.2) is 18.2 Å². The van der Waals surface area contributed by atoms with Gasteiger partial charge >= 0.3 is 6.09 Å². The SMILES string of the molecule is Cc1cc(C)cc(NC(=O)OC(C)C)c1. The summed E-state index contributed by atoms with van der Waals surface area (Å²) in [6.45, 7) is 7.63. The van der Waals surface area contributed by atoms with E-state index in [2.05, 4.69) is 11.4 Å². The summed E-state index contributed by atoms with van der Waals surface area (Å²) in [7, 11) is 0. The molecule has 0 saturated heterocycles. The first kappa shape index (κ1) is 11.6. The van der Waals surface area contributed by atoms with Gasteiger partial charge in [-0.05, 0) is 51.0 Å². The number of hydrogen-bond donors (Lipinski definition) is 1. The Morgan fingerprint density at radius 1 is 1.20 bits per heavy atom. The minimum atomic E-state index is -0.407. The molecule has 82 valence electrons. The summed E-state index contributed by atoms with van der Waals surface area (Å²) in [5.74, 6) is 0. The number of nitrogens with one attached hydrogen (secondary N) is 1. The van der Waals surface area contributed by atoms with E-state index in [-0.39, 0.29) is 6.10 Å². The lowest BCUT2D eigenvalue weighted by Gasteiger charge is -2.10. The molecule has 0 aromatic heterocycles. The van der Waals surface area contributed by atoms with Crippen LogP contribution in [0.4, 0.5) is 10.5 Å². The predicted molar refractivity (Wildman–Crippen MR) is 61.2 cm³/mol. The normalized spacial score (nSPS) is 10.2. The van der Waals surface area contributed by atoms with Gasteiger partial charge in [0.1, 0.15) is 0 Å². The molecule has 1 aromatic rings. The molecule has 0 spiro atoms. The van der Waals surface area contributed by atoms with E-state index in [0.717, 1.165) is 16.8 Å². The number of hydrogen-bond acceptors (Lipinski definition) is 2. The molecule has 0 unspecified atom stereocenters. The van der Waals surface area contributed by atoms with Crippen molar-refractivity contribution in [1.29, 1.82) is 0 Å². The Morgan fingerprint density at radius 3 is 2.20 bits per heavy atom. The van der Waals surface area contributed by atoms with Gasteiger partial charge in [-0.2, -0.15) is 0 Å². The van der Waals surface area contributed by atoms with Crippen LogP contribution >= 0.6 is 0 Å². The molecule has 0 aliphatic heterocycles. The standard InChI is InChI=1S/C12H17NO2/c1-8(2)15-12(14)13-11-6-9(3)5-10(4)7-11/h5-8H,1-4H3,(H,13,14). The fourth-order valence-corrected chi connectivity index (χ4v) is 1.41. The maximum atomic E-state index is 11.3. The molecule has 0 saturated carbocycles. The van der Waals surface area contributed by atoms with Crippen molar-refractivity contribution >= 4 is 11.8 Å². The van der Waals surface area contributed by atoms with E-state index in [0.29, 0.717) is 0 Å². The predicted octanol–water partition coefficient (Wildman–Crippen LogP) is 3.26. The summed E-state index contributed by atoms with van der Waals surface area (Å²) in [5, 5.41) is 2.69. The first-order chi connectivity index (χ1) is 6.97. The Hall–Kier alpha value is -1.51. The number of benzene rings is 1. The molecule has 3 heteroatoms. The molecule has 0 fully saturated rings. The Balaban J connectivity index is 2.68. The molecule has 0 radical (unpaired) electrons. The topological polar surface area (TPSA) is 38.3 Å². The lowest BCUT2D eigenvalue weighted by molar-refractivity contribution is 0.130. The second-order valence-electron chi connectivity index (χ2n) is 3.96. The van der Waals surface area contributed by atoms with Gasteiger partial charge in [0, 0.05) is 5.69 Å². The van der Waals surface area contributed by atoms with Gasteiger partial charge in [-0.3, -0.25) is 5.32 Å². The Morgan fingerprint density at radius 2 is 1.73 bits per heavy atom. The zero-order valence-electron chi connectivity index (χ0n) is 9.63. The molecule has 0 aliphatic carbocycles. The highest BCUT2D eigenvalue weighted by Crippen LogP contribution is 2.14. The Bertz CT molecular complexity index is 338. The zero-order valence-corrected chi connectivity index (χ0v) is 9.63. The summed E-state index contributed by atoms with van der Waals surface area (Å²) >= 11 is 0. The number of carbonyl (C=O) groups is 1. The molecule has 1 N–H and O–H groups in total. The van der Waals surface area contributed by atoms with Gasteiger partial charge in [0.25, 0.3) is 0 Å². The molecule has 0 atom stereocenters. The number of anilines is 1. The van der Waals surface area contributed by atoms with Gasteiger partial charge in [-0.25, -0.2) is 4.79 Å². The van der Waals surface area contributed by atoms with E-state index in [4.69, 9.17) is 4.74 Å². The lowest BCUT2D eigenvalue weighted by Crippen LogP contribution is -2.18. The molecule has 1 amide bonds. The van der Waals surface area contributed by atoms with Crippen molar-refractivity contribution in [3.8, 4) is 0 Å². The highest BCUT2D eigenvalue weighted by atomic mass is 16.6. The first-order valence-electron chi connectivity index (χ1n) is 5.03. The Labute approximate surface area is 90.4 Å². The average Bonchev–Trinajstić information content (AvgIpc) is 1.98. The quantitative estimate of drug-likeness (QED) is 0.808. The average molecular weight is 207 g/mol.